The molecule has 106 valence electrons. The van der Waals surface area contributed by atoms with Gasteiger partial charge in [-0.1, -0.05) is 6.07 Å². The lowest BCUT2D eigenvalue weighted by atomic mass is 10.1. The summed E-state index contributed by atoms with van der Waals surface area (Å²) in [5, 5.41) is 2.86. The van der Waals surface area contributed by atoms with Gasteiger partial charge in [0.1, 0.15) is 5.82 Å². The Kier molecular flexibility index (Phi) is 4.39. The molecule has 0 saturated heterocycles. The van der Waals surface area contributed by atoms with Crippen LogP contribution < -0.4 is 5.32 Å². The third-order valence-corrected chi connectivity index (χ3v) is 3.65. The zero-order chi connectivity index (χ0) is 14.9. The van der Waals surface area contributed by atoms with Crippen LogP contribution in [0.2, 0.25) is 0 Å². The fourth-order valence-corrected chi connectivity index (χ4v) is 2.74. The molecule has 2 nitrogen and oxygen atoms in total. The van der Waals surface area contributed by atoms with Crippen molar-refractivity contribution in [2.75, 3.05) is 5.32 Å². The van der Waals surface area contributed by atoms with Gasteiger partial charge in [-0.15, -0.1) is 0 Å². The molecule has 20 heavy (non-hydrogen) atoms. The number of aryl methyl sites for hydroxylation is 1. The Balaban J connectivity index is 2.35. The Morgan fingerprint density at radius 3 is 2.45 bits per heavy atom. The molecular formula is C13H9Br2F3N2. The van der Waals surface area contributed by atoms with Gasteiger partial charge in [0.05, 0.1) is 10.0 Å². The molecule has 0 aliphatic rings. The number of nitrogens with one attached hydrogen (secondary N) is 1. The first-order valence-electron chi connectivity index (χ1n) is 5.53. The van der Waals surface area contributed by atoms with Crippen LogP contribution in [0.3, 0.4) is 0 Å². The van der Waals surface area contributed by atoms with Crippen LogP contribution in [0.1, 0.15) is 11.1 Å². The molecular weight excluding hydrogens is 401 g/mol. The first-order valence-corrected chi connectivity index (χ1v) is 7.12. The Morgan fingerprint density at radius 1 is 1.15 bits per heavy atom. The van der Waals surface area contributed by atoms with Gasteiger partial charge in [-0.25, -0.2) is 4.98 Å². The first-order chi connectivity index (χ1) is 9.27. The third-order valence-electron chi connectivity index (χ3n) is 2.61. The highest BCUT2D eigenvalue weighted by molar-refractivity contribution is 9.11. The van der Waals surface area contributed by atoms with Crippen LogP contribution in [0.4, 0.5) is 24.7 Å². The highest BCUT2D eigenvalue weighted by Gasteiger charge is 2.32. The van der Waals surface area contributed by atoms with Gasteiger partial charge in [-0.3, -0.25) is 0 Å². The molecule has 2 aromatic rings. The number of halogens is 5. The van der Waals surface area contributed by atoms with E-state index in [1.165, 1.54) is 13.0 Å². The summed E-state index contributed by atoms with van der Waals surface area (Å²) in [5.74, 6) is 0.449. The molecule has 1 aromatic carbocycles. The van der Waals surface area contributed by atoms with Crippen molar-refractivity contribution in [2.24, 2.45) is 0 Å². The predicted octanol–water partition coefficient (Wildman–Crippen LogP) is 5.68. The van der Waals surface area contributed by atoms with Gasteiger partial charge in [0, 0.05) is 16.4 Å². The molecule has 7 heteroatoms. The van der Waals surface area contributed by atoms with E-state index in [-0.39, 0.29) is 5.56 Å². The molecule has 1 N–H and O–H groups in total. The second kappa shape index (κ2) is 5.73. The van der Waals surface area contributed by atoms with E-state index >= 15 is 0 Å². The highest BCUT2D eigenvalue weighted by atomic mass is 79.9. The summed E-state index contributed by atoms with van der Waals surface area (Å²) in [6.45, 7) is 1.43. The maximum absolute atomic E-state index is 12.8. The van der Waals surface area contributed by atoms with Crippen LogP contribution >= 0.6 is 31.9 Å². The maximum Gasteiger partial charge on any atom is 0.416 e. The number of aromatic nitrogens is 1. The fourth-order valence-electron chi connectivity index (χ4n) is 1.65. The minimum absolute atomic E-state index is 0.186. The smallest absolute Gasteiger partial charge is 0.339 e. The van der Waals surface area contributed by atoms with Crippen molar-refractivity contribution in [1.82, 2.24) is 4.98 Å². The average molecular weight is 410 g/mol. The molecule has 0 spiro atoms. The minimum Gasteiger partial charge on any atom is -0.339 e. The van der Waals surface area contributed by atoms with Crippen LogP contribution in [-0.4, -0.2) is 4.98 Å². The van der Waals surface area contributed by atoms with E-state index in [0.717, 1.165) is 10.5 Å². The van der Waals surface area contributed by atoms with E-state index in [1.54, 1.807) is 18.3 Å². The minimum atomic E-state index is -4.37. The Labute approximate surface area is 130 Å². The number of hydrogen-bond donors (Lipinski definition) is 1. The van der Waals surface area contributed by atoms with Crippen molar-refractivity contribution >= 4 is 43.4 Å². The number of alkyl halides is 3. The molecule has 1 heterocycles. The molecule has 0 amide bonds. The Hall–Kier alpha value is -1.08. The molecule has 0 radical (unpaired) electrons. The van der Waals surface area contributed by atoms with Crippen LogP contribution in [0.5, 0.6) is 0 Å². The Morgan fingerprint density at radius 2 is 1.85 bits per heavy atom. The van der Waals surface area contributed by atoms with E-state index in [2.05, 4.69) is 42.2 Å². The van der Waals surface area contributed by atoms with Crippen LogP contribution in [0.25, 0.3) is 0 Å². The quantitative estimate of drug-likeness (QED) is 0.690. The average Bonchev–Trinajstić information content (AvgIpc) is 2.33. The van der Waals surface area contributed by atoms with Crippen LogP contribution in [0, 0.1) is 6.92 Å². The lowest BCUT2D eigenvalue weighted by Crippen LogP contribution is -2.08. The number of rotatable bonds is 2. The van der Waals surface area contributed by atoms with Gasteiger partial charge in [0.25, 0.3) is 0 Å². The number of nitrogens with zero attached hydrogens (tertiary/aromatic N) is 1. The molecule has 0 bridgehead atoms. The second-order valence-corrected chi connectivity index (χ2v) is 5.91. The molecule has 2 rings (SSSR count). The van der Waals surface area contributed by atoms with Crippen LogP contribution in [0.15, 0.2) is 39.4 Å². The lowest BCUT2D eigenvalue weighted by molar-refractivity contribution is -0.138. The summed E-state index contributed by atoms with van der Waals surface area (Å²) in [7, 11) is 0. The standard InChI is InChI=1S/C13H9Br2F3N2/c1-7-2-3-9(5-10(7)13(16,17)18)20-12-11(15)4-8(14)6-19-12/h2-6H,1H3,(H,19,20). The summed E-state index contributed by atoms with van der Waals surface area (Å²) in [5.41, 5.74) is -0.139. The van der Waals surface area contributed by atoms with E-state index in [4.69, 9.17) is 0 Å². The highest BCUT2D eigenvalue weighted by Crippen LogP contribution is 2.34. The van der Waals surface area contributed by atoms with Crippen molar-refractivity contribution in [1.29, 1.82) is 0 Å². The SMILES string of the molecule is Cc1ccc(Nc2ncc(Br)cc2Br)cc1C(F)(F)F. The van der Waals surface area contributed by atoms with Gasteiger partial charge < -0.3 is 5.32 Å². The van der Waals surface area contributed by atoms with E-state index in [9.17, 15) is 13.2 Å². The zero-order valence-corrected chi connectivity index (χ0v) is 13.4. The van der Waals surface area contributed by atoms with Crippen molar-refractivity contribution in [2.45, 2.75) is 13.1 Å². The lowest BCUT2D eigenvalue weighted by Gasteiger charge is -2.13. The largest absolute Gasteiger partial charge is 0.416 e. The van der Waals surface area contributed by atoms with E-state index < -0.39 is 11.7 Å². The monoisotopic (exact) mass is 408 g/mol. The van der Waals surface area contributed by atoms with Crippen molar-refractivity contribution < 1.29 is 13.2 Å². The summed E-state index contributed by atoms with van der Waals surface area (Å²) in [4.78, 5) is 4.10. The van der Waals surface area contributed by atoms with Gasteiger partial charge in [0.2, 0.25) is 0 Å². The number of pyridine rings is 1. The first kappa shape index (κ1) is 15.3. The maximum atomic E-state index is 12.8. The van der Waals surface area contributed by atoms with Crippen molar-refractivity contribution in [3.8, 4) is 0 Å². The molecule has 0 aliphatic carbocycles. The van der Waals surface area contributed by atoms with Gasteiger partial charge in [0.15, 0.2) is 0 Å². The van der Waals surface area contributed by atoms with Gasteiger partial charge in [-0.05, 0) is 62.5 Å². The zero-order valence-electron chi connectivity index (χ0n) is 10.2. The van der Waals surface area contributed by atoms with Crippen LogP contribution in [-0.2, 0) is 6.18 Å². The summed E-state index contributed by atoms with van der Waals surface area (Å²) < 4.78 is 39.9. The summed E-state index contributed by atoms with van der Waals surface area (Å²) >= 11 is 6.56. The fraction of sp³-hybridized carbons (Fsp3) is 0.154. The molecule has 0 fully saturated rings. The number of anilines is 2. The molecule has 0 unspecified atom stereocenters. The van der Waals surface area contributed by atoms with E-state index in [0.29, 0.717) is 16.0 Å². The van der Waals surface area contributed by atoms with Gasteiger partial charge in [-0.2, -0.15) is 13.2 Å². The van der Waals surface area contributed by atoms with Crippen molar-refractivity contribution in [3.63, 3.8) is 0 Å². The normalized spacial score (nSPS) is 11.5. The van der Waals surface area contributed by atoms with Crippen molar-refractivity contribution in [3.05, 3.63) is 50.5 Å². The summed E-state index contributed by atoms with van der Waals surface area (Å²) in [6.07, 6.45) is -2.81. The molecule has 0 atom stereocenters. The van der Waals surface area contributed by atoms with E-state index in [1.807, 2.05) is 0 Å². The Bertz CT molecular complexity index is 642. The number of hydrogen-bond acceptors (Lipinski definition) is 2. The number of benzene rings is 1. The second-order valence-electron chi connectivity index (χ2n) is 4.14. The molecule has 0 saturated carbocycles. The predicted molar refractivity (Wildman–Crippen MR) is 79.1 cm³/mol. The van der Waals surface area contributed by atoms with Gasteiger partial charge >= 0.3 is 6.18 Å². The third kappa shape index (κ3) is 3.52. The topological polar surface area (TPSA) is 24.9 Å². The molecule has 0 aliphatic heterocycles. The molecule has 1 aromatic heterocycles. The summed E-state index contributed by atoms with van der Waals surface area (Å²) in [6, 6.07) is 5.85.